The maximum atomic E-state index is 6.36. The van der Waals surface area contributed by atoms with Crippen LogP contribution in [-0.4, -0.2) is 0 Å². The Morgan fingerprint density at radius 1 is 0.379 bits per heavy atom. The van der Waals surface area contributed by atoms with Gasteiger partial charge in [0.1, 0.15) is 22.3 Å². The summed E-state index contributed by atoms with van der Waals surface area (Å²) in [5.74, 6) is 0. The van der Waals surface area contributed by atoms with E-state index in [1.165, 1.54) is 33.0 Å². The molecule has 274 valence electrons. The van der Waals surface area contributed by atoms with Gasteiger partial charge in [0.2, 0.25) is 0 Å². The van der Waals surface area contributed by atoms with Crippen LogP contribution in [0.15, 0.2) is 197 Å². The minimum Gasteiger partial charge on any atom is -0.456 e. The normalized spacial score (nSPS) is 13.1. The van der Waals surface area contributed by atoms with Crippen molar-refractivity contribution in [3.05, 3.63) is 199 Å². The van der Waals surface area contributed by atoms with Crippen molar-refractivity contribution >= 4 is 71.7 Å². The van der Waals surface area contributed by atoms with E-state index in [0.717, 1.165) is 83.2 Å². The van der Waals surface area contributed by atoms with Gasteiger partial charge in [0.05, 0.1) is 5.69 Å². The lowest BCUT2D eigenvalue weighted by Gasteiger charge is -2.30. The zero-order chi connectivity index (χ0) is 38.5. The molecule has 12 rings (SSSR count). The molecule has 0 unspecified atom stereocenters. The second-order valence-corrected chi connectivity index (χ2v) is 16.1. The smallest absolute Gasteiger partial charge is 0.135 e. The highest BCUT2D eigenvalue weighted by Crippen LogP contribution is 2.52. The van der Waals surface area contributed by atoms with Crippen LogP contribution in [0.3, 0.4) is 0 Å². The van der Waals surface area contributed by atoms with Crippen molar-refractivity contribution in [3.63, 3.8) is 0 Å². The molecule has 11 aromatic rings. The summed E-state index contributed by atoms with van der Waals surface area (Å²) in [6, 6.07) is 68.1. The van der Waals surface area contributed by atoms with Crippen LogP contribution in [0.2, 0.25) is 0 Å². The molecular weight excluding hydrogens is 707 g/mol. The van der Waals surface area contributed by atoms with Gasteiger partial charge in [0, 0.05) is 43.9 Å². The molecule has 0 fully saturated rings. The third kappa shape index (κ3) is 4.86. The second-order valence-electron chi connectivity index (χ2n) is 16.1. The van der Waals surface area contributed by atoms with E-state index in [0.29, 0.717) is 0 Å². The zero-order valence-corrected chi connectivity index (χ0v) is 32.2. The molecule has 0 spiro atoms. The van der Waals surface area contributed by atoms with Crippen molar-refractivity contribution in [2.45, 2.75) is 19.3 Å². The van der Waals surface area contributed by atoms with Crippen molar-refractivity contribution < 1.29 is 8.83 Å². The molecule has 9 aromatic carbocycles. The molecule has 0 radical (unpaired) electrons. The summed E-state index contributed by atoms with van der Waals surface area (Å²) in [5, 5.41) is 6.83. The summed E-state index contributed by atoms with van der Waals surface area (Å²) < 4.78 is 12.7. The van der Waals surface area contributed by atoms with E-state index in [1.807, 2.05) is 24.3 Å². The molecule has 0 aliphatic heterocycles. The standard InChI is InChI=1S/C55H37NO2/c1-55(2)47-18-8-5-14-41(47)44-32-38(25-27-48(44)55)56(39-26-29-53-46(33-39)43-16-7-10-21-51(43)58-53)49-19-11-17-40(54(49)37-23-22-34-12-3-4-13-35(34)30-37)36-24-28-52-45(31-36)42-15-6-9-20-50(42)57-52/h3-33H,1-2H3. The number of fused-ring (bicyclic) bond motifs is 10. The predicted octanol–water partition coefficient (Wildman–Crippen LogP) is 15.7. The average Bonchev–Trinajstić information content (AvgIpc) is 3.90. The van der Waals surface area contributed by atoms with Gasteiger partial charge in [0.15, 0.2) is 0 Å². The van der Waals surface area contributed by atoms with Crippen LogP contribution in [0.5, 0.6) is 0 Å². The van der Waals surface area contributed by atoms with E-state index in [1.54, 1.807) is 0 Å². The number of anilines is 3. The largest absolute Gasteiger partial charge is 0.456 e. The maximum absolute atomic E-state index is 6.36. The van der Waals surface area contributed by atoms with Gasteiger partial charge in [-0.15, -0.1) is 0 Å². The Balaban J connectivity index is 1.16. The Labute approximate surface area is 336 Å². The molecule has 0 saturated heterocycles. The first-order valence-electron chi connectivity index (χ1n) is 20.0. The monoisotopic (exact) mass is 743 g/mol. The number of para-hydroxylation sites is 2. The van der Waals surface area contributed by atoms with Gasteiger partial charge in [-0.1, -0.05) is 135 Å². The number of benzene rings is 9. The van der Waals surface area contributed by atoms with E-state index in [2.05, 4.69) is 183 Å². The van der Waals surface area contributed by atoms with Crippen LogP contribution in [0.25, 0.3) is 88.0 Å². The molecule has 0 bridgehead atoms. The molecule has 0 atom stereocenters. The van der Waals surface area contributed by atoms with Crippen molar-refractivity contribution in [1.82, 2.24) is 0 Å². The third-order valence-electron chi connectivity index (χ3n) is 12.5. The molecule has 1 aliphatic carbocycles. The topological polar surface area (TPSA) is 29.5 Å². The van der Waals surface area contributed by atoms with E-state index >= 15 is 0 Å². The summed E-state index contributed by atoms with van der Waals surface area (Å²) in [6.45, 7) is 4.68. The van der Waals surface area contributed by atoms with E-state index in [4.69, 9.17) is 8.83 Å². The van der Waals surface area contributed by atoms with Crippen molar-refractivity contribution in [2.24, 2.45) is 0 Å². The molecular formula is C55H37NO2. The van der Waals surface area contributed by atoms with Gasteiger partial charge >= 0.3 is 0 Å². The van der Waals surface area contributed by atoms with Crippen LogP contribution in [0.1, 0.15) is 25.0 Å². The van der Waals surface area contributed by atoms with Crippen LogP contribution < -0.4 is 4.90 Å². The zero-order valence-electron chi connectivity index (χ0n) is 32.2. The highest BCUT2D eigenvalue weighted by Gasteiger charge is 2.36. The first-order chi connectivity index (χ1) is 28.5. The molecule has 0 N–H and O–H groups in total. The van der Waals surface area contributed by atoms with E-state index in [-0.39, 0.29) is 5.41 Å². The minimum atomic E-state index is -0.101. The van der Waals surface area contributed by atoms with Crippen LogP contribution in [0.4, 0.5) is 17.1 Å². The Morgan fingerprint density at radius 3 is 1.78 bits per heavy atom. The number of nitrogens with zero attached hydrogens (tertiary/aromatic N) is 1. The number of rotatable bonds is 5. The number of furan rings is 2. The Bertz CT molecular complexity index is 3450. The number of hydrogen-bond acceptors (Lipinski definition) is 3. The molecule has 0 saturated carbocycles. The van der Waals surface area contributed by atoms with Crippen LogP contribution in [0, 0.1) is 0 Å². The molecule has 3 heteroatoms. The van der Waals surface area contributed by atoms with Crippen molar-refractivity contribution in [2.75, 3.05) is 4.90 Å². The molecule has 0 amide bonds. The fourth-order valence-electron chi connectivity index (χ4n) is 9.64. The first-order valence-corrected chi connectivity index (χ1v) is 20.0. The predicted molar refractivity (Wildman–Crippen MR) is 242 cm³/mol. The lowest BCUT2D eigenvalue weighted by Crippen LogP contribution is -2.15. The van der Waals surface area contributed by atoms with Gasteiger partial charge in [0.25, 0.3) is 0 Å². The molecule has 2 aromatic heterocycles. The van der Waals surface area contributed by atoms with Gasteiger partial charge in [-0.2, -0.15) is 0 Å². The van der Waals surface area contributed by atoms with Gasteiger partial charge < -0.3 is 13.7 Å². The second kappa shape index (κ2) is 12.3. The first kappa shape index (κ1) is 32.8. The van der Waals surface area contributed by atoms with Crippen molar-refractivity contribution in [1.29, 1.82) is 0 Å². The fourth-order valence-corrected chi connectivity index (χ4v) is 9.64. The lowest BCUT2D eigenvalue weighted by molar-refractivity contribution is 0.660. The molecule has 58 heavy (non-hydrogen) atoms. The van der Waals surface area contributed by atoms with E-state index in [9.17, 15) is 0 Å². The van der Waals surface area contributed by atoms with Gasteiger partial charge in [-0.25, -0.2) is 0 Å². The summed E-state index contributed by atoms with van der Waals surface area (Å²) >= 11 is 0. The lowest BCUT2D eigenvalue weighted by atomic mass is 9.82. The fraction of sp³-hybridized carbons (Fsp3) is 0.0545. The summed E-state index contributed by atoms with van der Waals surface area (Å²) in [4.78, 5) is 2.45. The molecule has 3 nitrogen and oxygen atoms in total. The molecule has 2 heterocycles. The number of hydrogen-bond donors (Lipinski definition) is 0. The van der Waals surface area contributed by atoms with Gasteiger partial charge in [-0.05, 0) is 116 Å². The van der Waals surface area contributed by atoms with Crippen LogP contribution in [-0.2, 0) is 5.41 Å². The minimum absolute atomic E-state index is 0.101. The Morgan fingerprint density at radius 2 is 0.966 bits per heavy atom. The third-order valence-corrected chi connectivity index (χ3v) is 12.5. The van der Waals surface area contributed by atoms with E-state index < -0.39 is 0 Å². The summed E-state index contributed by atoms with van der Waals surface area (Å²) in [6.07, 6.45) is 0. The van der Waals surface area contributed by atoms with Crippen molar-refractivity contribution in [3.8, 4) is 33.4 Å². The highest BCUT2D eigenvalue weighted by atomic mass is 16.3. The highest BCUT2D eigenvalue weighted by molar-refractivity contribution is 6.09. The SMILES string of the molecule is CC1(C)c2ccccc2-c2cc(N(c3ccc4oc5ccccc5c4c3)c3cccc(-c4ccc5oc6ccccc6c5c4)c3-c3ccc4ccccc4c3)ccc21. The van der Waals surface area contributed by atoms with Gasteiger partial charge in [-0.3, -0.25) is 0 Å². The van der Waals surface area contributed by atoms with Crippen LogP contribution >= 0.6 is 0 Å². The summed E-state index contributed by atoms with van der Waals surface area (Å²) in [5.41, 5.74) is 16.5. The average molecular weight is 744 g/mol. The summed E-state index contributed by atoms with van der Waals surface area (Å²) in [7, 11) is 0. The molecule has 1 aliphatic rings. The maximum Gasteiger partial charge on any atom is 0.135 e. The Kier molecular flexibility index (Phi) is 6.98. The Hall–Kier alpha value is -7.36. The quantitative estimate of drug-likeness (QED) is 0.176.